The molecule has 10 heteroatoms. The predicted molar refractivity (Wildman–Crippen MR) is 141 cm³/mol. The maximum atomic E-state index is 13.5. The van der Waals surface area contributed by atoms with Crippen LogP contribution in [0.5, 0.6) is 5.75 Å². The molecule has 1 fully saturated rings. The zero-order valence-corrected chi connectivity index (χ0v) is 22.3. The summed E-state index contributed by atoms with van der Waals surface area (Å²) in [5.41, 5.74) is 0.460. The Balaban J connectivity index is 1.74. The molecule has 7 nitrogen and oxygen atoms in total. The van der Waals surface area contributed by atoms with Crippen molar-refractivity contribution in [3.05, 3.63) is 47.5 Å². The maximum Gasteiger partial charge on any atom is 0.251 e. The van der Waals surface area contributed by atoms with E-state index in [-0.39, 0.29) is 18.3 Å². The number of rotatable bonds is 14. The van der Waals surface area contributed by atoms with Gasteiger partial charge in [-0.25, -0.2) is 13.8 Å². The summed E-state index contributed by atoms with van der Waals surface area (Å²) in [4.78, 5) is 18.0. The number of hydrogen-bond donors (Lipinski definition) is 2. The van der Waals surface area contributed by atoms with Crippen molar-refractivity contribution in [2.45, 2.75) is 44.9 Å². The van der Waals surface area contributed by atoms with E-state index in [1.54, 1.807) is 31.2 Å². The van der Waals surface area contributed by atoms with Crippen molar-refractivity contribution in [2.75, 3.05) is 43.5 Å². The largest absolute Gasteiger partial charge is 0.491 e. The summed E-state index contributed by atoms with van der Waals surface area (Å²) in [7, 11) is 3.49. The number of nitrogens with zero attached hydrogens (tertiary/aromatic N) is 2. The first-order valence-corrected chi connectivity index (χ1v) is 13.0. The smallest absolute Gasteiger partial charge is 0.251 e. The van der Waals surface area contributed by atoms with Crippen molar-refractivity contribution in [1.82, 2.24) is 10.3 Å². The Bertz CT molecular complexity index is 1010. The number of carbonyl (C=O) groups is 1. The number of nitrogens with one attached hydrogen (secondary N) is 2. The second-order valence-electron chi connectivity index (χ2n) is 9.47. The summed E-state index contributed by atoms with van der Waals surface area (Å²) in [6.07, 6.45) is 1.66. The molecule has 198 valence electrons. The number of halogens is 2. The molecule has 0 bridgehead atoms. The lowest BCUT2D eigenvalue weighted by atomic mass is 10.1. The Morgan fingerprint density at radius 2 is 1.92 bits per heavy atom. The minimum absolute atomic E-state index is 0.0315. The van der Waals surface area contributed by atoms with Crippen molar-refractivity contribution < 1.29 is 23.0 Å². The van der Waals surface area contributed by atoms with Crippen LogP contribution in [0.1, 0.15) is 44.0 Å². The SMILES string of the molecule is COCC[C@H](COc1cc(F)cc(F)c1)NC(=O)c1cc(NC[C@H]2C[C@@H]2C)nc(N(C)SC(C)C)c1. The highest BCUT2D eigenvalue weighted by molar-refractivity contribution is 8.01. The molecule has 1 aromatic carbocycles. The average molecular weight is 523 g/mol. The Labute approximate surface area is 216 Å². The Kier molecular flexibility index (Phi) is 10.2. The number of ether oxygens (including phenoxy) is 2. The summed E-state index contributed by atoms with van der Waals surface area (Å²) < 4.78 is 39.7. The van der Waals surface area contributed by atoms with Crippen LogP contribution < -0.4 is 19.7 Å². The molecular weight excluding hydrogens is 486 g/mol. The van der Waals surface area contributed by atoms with Gasteiger partial charge in [0.05, 0.1) is 6.04 Å². The Morgan fingerprint density at radius 1 is 1.22 bits per heavy atom. The molecule has 2 N–H and O–H groups in total. The normalized spacial score (nSPS) is 17.6. The molecule has 36 heavy (non-hydrogen) atoms. The van der Waals surface area contributed by atoms with Crippen molar-refractivity contribution in [2.24, 2.45) is 11.8 Å². The molecule has 1 amide bonds. The van der Waals surface area contributed by atoms with Crippen LogP contribution in [0, 0.1) is 23.5 Å². The van der Waals surface area contributed by atoms with Crippen molar-refractivity contribution in [1.29, 1.82) is 0 Å². The molecule has 1 aromatic heterocycles. The highest BCUT2D eigenvalue weighted by atomic mass is 32.2. The third kappa shape index (κ3) is 8.81. The number of benzene rings is 1. The van der Waals surface area contributed by atoms with E-state index in [0.29, 0.717) is 47.3 Å². The van der Waals surface area contributed by atoms with E-state index in [9.17, 15) is 13.6 Å². The van der Waals surface area contributed by atoms with Gasteiger partial charge in [0.25, 0.3) is 5.91 Å². The van der Waals surface area contributed by atoms with Gasteiger partial charge in [-0.2, -0.15) is 0 Å². The van der Waals surface area contributed by atoms with Crippen LogP contribution in [0.15, 0.2) is 30.3 Å². The number of pyridine rings is 1. The number of methoxy groups -OCH3 is 1. The van der Waals surface area contributed by atoms with Crippen LogP contribution in [-0.2, 0) is 4.74 Å². The van der Waals surface area contributed by atoms with Crippen LogP contribution in [0.4, 0.5) is 20.4 Å². The van der Waals surface area contributed by atoms with E-state index in [1.807, 2.05) is 11.4 Å². The summed E-state index contributed by atoms with van der Waals surface area (Å²) in [5.74, 6) is 0.963. The number of aromatic nitrogens is 1. The van der Waals surface area contributed by atoms with Gasteiger partial charge in [-0.15, -0.1) is 0 Å². The highest BCUT2D eigenvalue weighted by Gasteiger charge is 2.32. The van der Waals surface area contributed by atoms with Crippen LogP contribution in [0.2, 0.25) is 0 Å². The van der Waals surface area contributed by atoms with Crippen LogP contribution >= 0.6 is 11.9 Å². The quantitative estimate of drug-likeness (QED) is 0.333. The summed E-state index contributed by atoms with van der Waals surface area (Å²) in [6.45, 7) is 7.64. The number of carbonyl (C=O) groups excluding carboxylic acids is 1. The molecule has 0 aliphatic heterocycles. The molecule has 2 aromatic rings. The monoisotopic (exact) mass is 522 g/mol. The van der Waals surface area contributed by atoms with E-state index < -0.39 is 17.7 Å². The summed E-state index contributed by atoms with van der Waals surface area (Å²) >= 11 is 1.62. The lowest BCUT2D eigenvalue weighted by Crippen LogP contribution is -2.40. The zero-order valence-electron chi connectivity index (χ0n) is 21.5. The topological polar surface area (TPSA) is 75.7 Å². The minimum Gasteiger partial charge on any atom is -0.491 e. The third-order valence-corrected chi connectivity index (χ3v) is 6.80. The van der Waals surface area contributed by atoms with Gasteiger partial charge in [-0.3, -0.25) is 4.79 Å². The molecule has 1 heterocycles. The first-order valence-electron chi connectivity index (χ1n) is 12.2. The molecule has 0 unspecified atom stereocenters. The predicted octanol–water partition coefficient (Wildman–Crippen LogP) is 5.13. The van der Waals surface area contributed by atoms with Crippen LogP contribution in [0.25, 0.3) is 0 Å². The van der Waals surface area contributed by atoms with E-state index in [4.69, 9.17) is 14.5 Å². The van der Waals surface area contributed by atoms with Gasteiger partial charge in [0, 0.05) is 56.3 Å². The fourth-order valence-electron chi connectivity index (χ4n) is 3.72. The van der Waals surface area contributed by atoms with E-state index in [2.05, 4.69) is 31.4 Å². The lowest BCUT2D eigenvalue weighted by Gasteiger charge is -2.22. The average Bonchev–Trinajstić information content (AvgIpc) is 3.53. The summed E-state index contributed by atoms with van der Waals surface area (Å²) in [5, 5.41) is 6.71. The van der Waals surface area contributed by atoms with E-state index >= 15 is 0 Å². The van der Waals surface area contributed by atoms with Gasteiger partial charge in [-0.05, 0) is 48.8 Å². The molecule has 1 aliphatic rings. The van der Waals surface area contributed by atoms with Crippen molar-refractivity contribution in [3.63, 3.8) is 0 Å². The van der Waals surface area contributed by atoms with Crippen LogP contribution in [0.3, 0.4) is 0 Å². The molecule has 3 atom stereocenters. The van der Waals surface area contributed by atoms with Crippen molar-refractivity contribution in [3.8, 4) is 5.75 Å². The molecule has 0 radical (unpaired) electrons. The fourth-order valence-corrected chi connectivity index (χ4v) is 4.56. The maximum absolute atomic E-state index is 13.5. The minimum atomic E-state index is -0.726. The molecular formula is C26H36F2N4O3S. The number of hydrogen-bond acceptors (Lipinski definition) is 7. The van der Waals surface area contributed by atoms with Gasteiger partial charge in [0.15, 0.2) is 0 Å². The highest BCUT2D eigenvalue weighted by Crippen LogP contribution is 2.37. The first-order chi connectivity index (χ1) is 17.1. The molecule has 3 rings (SSSR count). The standard InChI is InChI=1S/C26H36F2N4O3S/c1-16(2)36-32(4)25-10-18(9-24(31-25)29-14-19-8-17(19)3)26(33)30-22(6-7-34-5)15-35-23-12-20(27)11-21(28)13-23/h9-13,16-17,19,22H,6-8,14-15H2,1-5H3,(H,29,31)(H,30,33)/t17-,19+,22+/m0/s1. The number of anilines is 2. The van der Waals surface area contributed by atoms with Gasteiger partial charge >= 0.3 is 0 Å². The number of amides is 1. The molecule has 1 aliphatic carbocycles. The third-order valence-electron chi connectivity index (χ3n) is 5.88. The molecule has 0 saturated heterocycles. The Hall–Kier alpha value is -2.59. The second kappa shape index (κ2) is 13.1. The molecule has 0 spiro atoms. The lowest BCUT2D eigenvalue weighted by molar-refractivity contribution is 0.0902. The molecule has 1 saturated carbocycles. The van der Waals surface area contributed by atoms with Crippen molar-refractivity contribution >= 4 is 29.5 Å². The van der Waals surface area contributed by atoms with Gasteiger partial charge in [0.1, 0.15) is 35.6 Å². The second-order valence-corrected chi connectivity index (χ2v) is 11.2. The summed E-state index contributed by atoms with van der Waals surface area (Å²) in [6, 6.07) is 6.05. The van der Waals surface area contributed by atoms with Gasteiger partial charge in [-0.1, -0.05) is 20.8 Å². The van der Waals surface area contributed by atoms with Crippen LogP contribution in [-0.4, -0.2) is 56.1 Å². The zero-order chi connectivity index (χ0) is 26.2. The van der Waals surface area contributed by atoms with Gasteiger partial charge < -0.3 is 24.4 Å². The Morgan fingerprint density at radius 3 is 2.53 bits per heavy atom. The first kappa shape index (κ1) is 28.0. The fraction of sp³-hybridized carbons (Fsp3) is 0.538. The van der Waals surface area contributed by atoms with E-state index in [1.165, 1.54) is 6.42 Å². The van der Waals surface area contributed by atoms with Gasteiger partial charge in [0.2, 0.25) is 0 Å². The van der Waals surface area contributed by atoms with E-state index in [0.717, 1.165) is 24.7 Å².